The number of hydrogen-bond acceptors (Lipinski definition) is 4. The summed E-state index contributed by atoms with van der Waals surface area (Å²) in [5.74, 6) is 0.778. The predicted molar refractivity (Wildman–Crippen MR) is 88.7 cm³/mol. The molecular formula is C17H35N3O. The van der Waals surface area contributed by atoms with Crippen molar-refractivity contribution in [2.45, 2.75) is 39.2 Å². The second kappa shape index (κ2) is 7.91. The van der Waals surface area contributed by atoms with Crippen molar-refractivity contribution in [1.29, 1.82) is 0 Å². The maximum atomic E-state index is 5.62. The first-order valence-electron chi connectivity index (χ1n) is 8.73. The van der Waals surface area contributed by atoms with E-state index in [4.69, 9.17) is 4.74 Å². The zero-order valence-corrected chi connectivity index (χ0v) is 14.5. The van der Waals surface area contributed by atoms with Gasteiger partial charge in [-0.15, -0.1) is 0 Å². The maximum Gasteiger partial charge on any atom is 0.0472 e. The molecule has 1 N–H and O–H groups in total. The molecule has 2 atom stereocenters. The van der Waals surface area contributed by atoms with Crippen LogP contribution in [-0.2, 0) is 4.74 Å². The number of likely N-dealkylation sites (N-methyl/N-ethyl adjacent to an activating group) is 1. The molecule has 4 heteroatoms. The lowest BCUT2D eigenvalue weighted by Crippen LogP contribution is -2.47. The van der Waals surface area contributed by atoms with Crippen LogP contribution in [0.3, 0.4) is 0 Å². The highest BCUT2D eigenvalue weighted by molar-refractivity contribution is 4.93. The SMILES string of the molecule is CCCNCC1(CN2CC(C)C(N(C)C)C2)CCOCC1. The van der Waals surface area contributed by atoms with Crippen LogP contribution in [0.4, 0.5) is 0 Å². The summed E-state index contributed by atoms with van der Waals surface area (Å²) in [4.78, 5) is 5.10. The van der Waals surface area contributed by atoms with Crippen LogP contribution in [0.5, 0.6) is 0 Å². The first kappa shape index (κ1) is 17.2. The normalized spacial score (nSPS) is 30.1. The average Bonchev–Trinajstić information content (AvgIpc) is 2.81. The zero-order valence-electron chi connectivity index (χ0n) is 14.5. The molecule has 0 aromatic rings. The number of nitrogens with zero attached hydrogens (tertiary/aromatic N) is 2. The van der Waals surface area contributed by atoms with Gasteiger partial charge in [-0.3, -0.25) is 0 Å². The minimum absolute atomic E-state index is 0.425. The molecule has 2 rings (SSSR count). The van der Waals surface area contributed by atoms with Crippen LogP contribution in [-0.4, -0.2) is 75.9 Å². The van der Waals surface area contributed by atoms with Gasteiger partial charge in [0, 0.05) is 45.4 Å². The van der Waals surface area contributed by atoms with Crippen molar-refractivity contribution in [3.05, 3.63) is 0 Å². The van der Waals surface area contributed by atoms with E-state index in [1.807, 2.05) is 0 Å². The summed E-state index contributed by atoms with van der Waals surface area (Å²) in [5.41, 5.74) is 0.425. The number of hydrogen-bond donors (Lipinski definition) is 1. The van der Waals surface area contributed by atoms with Gasteiger partial charge in [-0.05, 0) is 51.2 Å². The van der Waals surface area contributed by atoms with E-state index in [0.717, 1.165) is 32.2 Å². The Bertz CT molecular complexity index is 302. The fraction of sp³-hybridized carbons (Fsp3) is 1.00. The lowest BCUT2D eigenvalue weighted by molar-refractivity contribution is -0.00177. The molecule has 0 amide bonds. The van der Waals surface area contributed by atoms with Crippen molar-refractivity contribution >= 4 is 0 Å². The van der Waals surface area contributed by atoms with Gasteiger partial charge < -0.3 is 19.9 Å². The van der Waals surface area contributed by atoms with Crippen molar-refractivity contribution < 1.29 is 4.74 Å². The van der Waals surface area contributed by atoms with E-state index < -0.39 is 0 Å². The van der Waals surface area contributed by atoms with E-state index >= 15 is 0 Å². The fourth-order valence-corrected chi connectivity index (χ4v) is 4.05. The Morgan fingerprint density at radius 1 is 1.24 bits per heavy atom. The minimum Gasteiger partial charge on any atom is -0.381 e. The van der Waals surface area contributed by atoms with Gasteiger partial charge in [0.15, 0.2) is 0 Å². The molecule has 0 radical (unpaired) electrons. The third-order valence-electron chi connectivity index (χ3n) is 5.35. The third-order valence-corrected chi connectivity index (χ3v) is 5.35. The molecule has 0 spiro atoms. The summed E-state index contributed by atoms with van der Waals surface area (Å²) in [6.45, 7) is 12.5. The van der Waals surface area contributed by atoms with Gasteiger partial charge in [-0.1, -0.05) is 13.8 Å². The number of nitrogens with one attached hydrogen (secondary N) is 1. The Balaban J connectivity index is 1.92. The van der Waals surface area contributed by atoms with Gasteiger partial charge in [0.2, 0.25) is 0 Å². The molecular weight excluding hydrogens is 262 g/mol. The Hall–Kier alpha value is -0.160. The van der Waals surface area contributed by atoms with Crippen LogP contribution < -0.4 is 5.32 Å². The number of likely N-dealkylation sites (tertiary alicyclic amines) is 1. The molecule has 2 heterocycles. The van der Waals surface area contributed by atoms with Crippen molar-refractivity contribution in [1.82, 2.24) is 15.1 Å². The molecule has 0 aromatic carbocycles. The van der Waals surface area contributed by atoms with Gasteiger partial charge in [0.1, 0.15) is 0 Å². The van der Waals surface area contributed by atoms with Crippen molar-refractivity contribution in [3.63, 3.8) is 0 Å². The van der Waals surface area contributed by atoms with Gasteiger partial charge in [0.25, 0.3) is 0 Å². The number of rotatable bonds is 7. The minimum atomic E-state index is 0.425. The molecule has 2 unspecified atom stereocenters. The van der Waals surface area contributed by atoms with E-state index in [9.17, 15) is 0 Å². The van der Waals surface area contributed by atoms with Crippen LogP contribution in [0.2, 0.25) is 0 Å². The Labute approximate surface area is 131 Å². The van der Waals surface area contributed by atoms with Crippen LogP contribution in [0.15, 0.2) is 0 Å². The summed E-state index contributed by atoms with van der Waals surface area (Å²) in [7, 11) is 4.44. The van der Waals surface area contributed by atoms with E-state index in [0.29, 0.717) is 11.5 Å². The van der Waals surface area contributed by atoms with E-state index in [2.05, 4.69) is 43.1 Å². The van der Waals surface area contributed by atoms with Crippen LogP contribution in [0.25, 0.3) is 0 Å². The molecule has 0 aromatic heterocycles. The molecule has 0 aliphatic carbocycles. The Morgan fingerprint density at radius 3 is 2.52 bits per heavy atom. The molecule has 21 heavy (non-hydrogen) atoms. The van der Waals surface area contributed by atoms with Crippen molar-refractivity contribution in [2.75, 3.05) is 60.0 Å². The predicted octanol–water partition coefficient (Wildman–Crippen LogP) is 1.66. The van der Waals surface area contributed by atoms with Crippen LogP contribution in [0.1, 0.15) is 33.1 Å². The first-order chi connectivity index (χ1) is 10.1. The second-order valence-electron chi connectivity index (χ2n) is 7.49. The summed E-state index contributed by atoms with van der Waals surface area (Å²) >= 11 is 0. The topological polar surface area (TPSA) is 27.7 Å². The molecule has 2 saturated heterocycles. The van der Waals surface area contributed by atoms with Gasteiger partial charge >= 0.3 is 0 Å². The summed E-state index contributed by atoms with van der Waals surface area (Å²) < 4.78 is 5.62. The molecule has 0 saturated carbocycles. The summed E-state index contributed by atoms with van der Waals surface area (Å²) in [5, 5.41) is 3.67. The van der Waals surface area contributed by atoms with E-state index in [-0.39, 0.29) is 0 Å². The van der Waals surface area contributed by atoms with Gasteiger partial charge in [0.05, 0.1) is 0 Å². The number of ether oxygens (including phenoxy) is 1. The Morgan fingerprint density at radius 2 is 1.95 bits per heavy atom. The lowest BCUT2D eigenvalue weighted by atomic mass is 9.79. The summed E-state index contributed by atoms with van der Waals surface area (Å²) in [6, 6.07) is 0.713. The average molecular weight is 297 g/mol. The standard InChI is InChI=1S/C17H35N3O/c1-5-8-18-13-17(6-9-21-10-7-17)14-20-11-15(2)16(12-20)19(3)4/h15-16,18H,5-14H2,1-4H3. The monoisotopic (exact) mass is 297 g/mol. The van der Waals surface area contributed by atoms with E-state index in [1.54, 1.807) is 0 Å². The largest absolute Gasteiger partial charge is 0.381 e. The highest BCUT2D eigenvalue weighted by Gasteiger charge is 2.38. The Kier molecular flexibility index (Phi) is 6.48. The molecule has 2 aliphatic heterocycles. The lowest BCUT2D eigenvalue weighted by Gasteiger charge is -2.40. The highest BCUT2D eigenvalue weighted by atomic mass is 16.5. The quantitative estimate of drug-likeness (QED) is 0.724. The van der Waals surface area contributed by atoms with E-state index in [1.165, 1.54) is 38.9 Å². The molecule has 2 fully saturated rings. The zero-order chi connectivity index (χ0) is 15.3. The molecule has 4 nitrogen and oxygen atoms in total. The third kappa shape index (κ3) is 4.65. The van der Waals surface area contributed by atoms with Crippen LogP contribution >= 0.6 is 0 Å². The maximum absolute atomic E-state index is 5.62. The molecule has 2 aliphatic rings. The molecule has 0 bridgehead atoms. The highest BCUT2D eigenvalue weighted by Crippen LogP contribution is 2.33. The fourth-order valence-electron chi connectivity index (χ4n) is 4.05. The van der Waals surface area contributed by atoms with Gasteiger partial charge in [-0.2, -0.15) is 0 Å². The first-order valence-corrected chi connectivity index (χ1v) is 8.73. The van der Waals surface area contributed by atoms with Crippen LogP contribution in [0, 0.1) is 11.3 Å². The molecule has 124 valence electrons. The van der Waals surface area contributed by atoms with Gasteiger partial charge in [-0.25, -0.2) is 0 Å². The second-order valence-corrected chi connectivity index (χ2v) is 7.49. The van der Waals surface area contributed by atoms with Crippen molar-refractivity contribution in [3.8, 4) is 0 Å². The summed E-state index contributed by atoms with van der Waals surface area (Å²) in [6.07, 6.45) is 3.64. The smallest absolute Gasteiger partial charge is 0.0472 e. The van der Waals surface area contributed by atoms with Crippen molar-refractivity contribution in [2.24, 2.45) is 11.3 Å².